The first-order valence-corrected chi connectivity index (χ1v) is 8.22. The van der Waals surface area contributed by atoms with E-state index in [0.717, 1.165) is 12.1 Å². The Bertz CT molecular complexity index is 207. The van der Waals surface area contributed by atoms with E-state index < -0.39 is 19.4 Å². The zero-order chi connectivity index (χ0) is 10.5. The fraction of sp³-hybridized carbons (Fsp3) is 1.00. The summed E-state index contributed by atoms with van der Waals surface area (Å²) in [7, 11) is -0.901. The minimum absolute atomic E-state index is 0. The van der Waals surface area contributed by atoms with Crippen LogP contribution in [0.4, 0.5) is 0 Å². The predicted octanol–water partition coefficient (Wildman–Crippen LogP) is -1.47. The Morgan fingerprint density at radius 2 is 1.60 bits per heavy atom. The molecule has 0 bridgehead atoms. The molecule has 0 radical (unpaired) electrons. The van der Waals surface area contributed by atoms with Crippen LogP contribution in [0.2, 0.25) is 12.1 Å². The molecule has 0 unspecified atom stereocenters. The molecule has 1 N–H and O–H groups in total. The first-order chi connectivity index (χ1) is 6.91. The predicted molar refractivity (Wildman–Crippen MR) is 62.7 cm³/mol. The third-order valence-corrected chi connectivity index (χ3v) is 4.20. The van der Waals surface area contributed by atoms with Crippen LogP contribution in [0.5, 0.6) is 0 Å². The molecule has 6 nitrogen and oxygen atoms in total. The van der Waals surface area contributed by atoms with Crippen LogP contribution in [0.1, 0.15) is 27.1 Å². The largest absolute Gasteiger partial charge is 1.00 e. The minimum Gasteiger partial charge on any atom is -1.00 e. The van der Waals surface area contributed by atoms with Gasteiger partial charge in [-0.15, -0.1) is 4.78 Å². The Labute approximate surface area is 118 Å². The van der Waals surface area contributed by atoms with Gasteiger partial charge in [0, 0.05) is 4.78 Å². The molecule has 0 aromatic carbocycles. The molecule has 0 rings (SSSR count). The van der Waals surface area contributed by atoms with E-state index in [1.807, 2.05) is 0 Å². The summed E-state index contributed by atoms with van der Waals surface area (Å²) in [6, 6.07) is 2.30. The second kappa shape index (κ2) is 16.5. The van der Waals surface area contributed by atoms with E-state index in [9.17, 15) is 0 Å². The zero-order valence-corrected chi connectivity index (χ0v) is 14.2. The number of hydrogen-bond donors (Lipinski definition) is 1. The van der Waals surface area contributed by atoms with Gasteiger partial charge in [-0.3, -0.25) is 0 Å². The van der Waals surface area contributed by atoms with E-state index in [2.05, 4.69) is 19.4 Å². The monoisotopic (exact) mass is 253 g/mol. The van der Waals surface area contributed by atoms with Crippen molar-refractivity contribution < 1.29 is 31.0 Å². The van der Waals surface area contributed by atoms with Crippen molar-refractivity contribution in [1.29, 1.82) is 5.53 Å². The fourth-order valence-corrected chi connectivity index (χ4v) is 2.79. The molecule has 0 aromatic rings. The van der Waals surface area contributed by atoms with E-state index in [4.69, 9.17) is 11.1 Å². The Kier molecular flexibility index (Phi) is 19.2. The van der Waals surface area contributed by atoms with Crippen LogP contribution in [-0.4, -0.2) is 19.4 Å². The van der Waals surface area contributed by atoms with Gasteiger partial charge in [-0.2, -0.15) is 0 Å². The maximum atomic E-state index is 8.05. The van der Waals surface area contributed by atoms with Gasteiger partial charge in [-0.25, -0.2) is 0 Å². The average molecular weight is 253 g/mol. The molecule has 0 saturated carbocycles. The summed E-state index contributed by atoms with van der Waals surface area (Å²) in [5.74, 6) is 0. The van der Waals surface area contributed by atoms with Gasteiger partial charge in [0.05, 0.1) is 0 Å². The van der Waals surface area contributed by atoms with Crippen LogP contribution in [0.3, 0.4) is 0 Å². The van der Waals surface area contributed by atoms with Gasteiger partial charge >= 0.3 is 29.6 Å². The summed E-state index contributed by atoms with van der Waals surface area (Å²) in [5.41, 5.74) is 14.5. The molecule has 0 heterocycles. The molecular formula is C6H18N6NaSi2+. The molecular weight excluding hydrogens is 235 g/mol. The van der Waals surface area contributed by atoms with Crippen molar-refractivity contribution in [2.45, 2.75) is 37.8 Å². The SMILES string of the molecule is [H-].[N-]=[N+]=N[SiH2]CCCCCC[SiH2]N=[N+]=N.[Na+]. The second-order valence-corrected chi connectivity index (χ2v) is 5.92. The molecule has 0 aromatic heterocycles. The smallest absolute Gasteiger partial charge is 1.00 e. The summed E-state index contributed by atoms with van der Waals surface area (Å²) >= 11 is 0. The number of hydrogen-bond acceptors (Lipinski definition) is 3. The molecule has 0 spiro atoms. The van der Waals surface area contributed by atoms with Crippen molar-refractivity contribution in [3.8, 4) is 0 Å². The summed E-state index contributed by atoms with van der Waals surface area (Å²) in [6.07, 6.45) is 4.90. The van der Waals surface area contributed by atoms with Gasteiger partial charge in [0.25, 0.3) is 9.68 Å². The van der Waals surface area contributed by atoms with Crippen molar-refractivity contribution in [2.24, 2.45) is 9.56 Å². The van der Waals surface area contributed by atoms with Gasteiger partial charge in [0.1, 0.15) is 15.2 Å². The van der Waals surface area contributed by atoms with Crippen LogP contribution in [0.15, 0.2) is 9.56 Å². The topological polar surface area (TPSA) is 99.1 Å². The Morgan fingerprint density at radius 1 is 1.07 bits per heavy atom. The Hall–Kier alpha value is 0.0538. The quantitative estimate of drug-likeness (QED) is 0.171. The van der Waals surface area contributed by atoms with Gasteiger partial charge in [0.2, 0.25) is 4.91 Å². The van der Waals surface area contributed by atoms with E-state index in [1.165, 1.54) is 25.7 Å². The average Bonchev–Trinajstić information content (AvgIpc) is 2.21. The summed E-state index contributed by atoms with van der Waals surface area (Å²) in [5, 5.41) is 0. The zero-order valence-electron chi connectivity index (χ0n) is 10.4. The Balaban J connectivity index is -0.000000845. The first kappa shape index (κ1) is 17.4. The summed E-state index contributed by atoms with van der Waals surface area (Å²) < 4.78 is 7.32. The van der Waals surface area contributed by atoms with Crippen LogP contribution in [0, 0.1) is 5.53 Å². The van der Waals surface area contributed by atoms with E-state index in [1.54, 1.807) is 0 Å². The number of azide groups is 1. The molecule has 80 valence electrons. The van der Waals surface area contributed by atoms with Gasteiger partial charge in [-0.05, 0) is 16.5 Å². The van der Waals surface area contributed by atoms with Crippen LogP contribution >= 0.6 is 0 Å². The van der Waals surface area contributed by atoms with Gasteiger partial charge in [-0.1, -0.05) is 31.7 Å². The second-order valence-electron chi connectivity index (χ2n) is 3.04. The molecule has 0 atom stereocenters. The molecule has 15 heavy (non-hydrogen) atoms. The summed E-state index contributed by atoms with van der Waals surface area (Å²) in [6.45, 7) is 0. The van der Waals surface area contributed by atoms with Crippen molar-refractivity contribution in [3.05, 3.63) is 10.4 Å². The van der Waals surface area contributed by atoms with Crippen LogP contribution in [-0.2, 0) is 0 Å². The standard InChI is InChI=1S/C6H17N6Si2.Na.H/c7-9-11-13-5-3-1-2-4-6-14-12-10-8;;/h7H,1-6,13-14H2;;/q2*+1;-1. The molecule has 0 amide bonds. The number of nitrogens with zero attached hydrogens (tertiary/aromatic N) is 5. The van der Waals surface area contributed by atoms with Crippen LogP contribution < -0.4 is 34.5 Å². The normalized spacial score (nSPS) is 9.87. The van der Waals surface area contributed by atoms with Crippen molar-refractivity contribution in [1.82, 2.24) is 4.91 Å². The van der Waals surface area contributed by atoms with Crippen LogP contribution in [0.25, 0.3) is 10.4 Å². The summed E-state index contributed by atoms with van der Waals surface area (Å²) in [4.78, 5) is 5.75. The van der Waals surface area contributed by atoms with E-state index in [0.29, 0.717) is 0 Å². The van der Waals surface area contributed by atoms with Crippen molar-refractivity contribution >= 4 is 19.4 Å². The first-order valence-electron chi connectivity index (χ1n) is 4.96. The number of rotatable bonds is 9. The minimum atomic E-state index is -0.478. The Morgan fingerprint density at radius 3 is 2.07 bits per heavy atom. The van der Waals surface area contributed by atoms with Gasteiger partial charge in [0.15, 0.2) is 0 Å². The maximum Gasteiger partial charge on any atom is 1.00 e. The third kappa shape index (κ3) is 16.7. The fourth-order valence-electron chi connectivity index (χ4n) is 1.17. The molecule has 0 aliphatic carbocycles. The molecule has 0 saturated heterocycles. The maximum absolute atomic E-state index is 8.05. The molecule has 0 aliphatic rings. The van der Waals surface area contributed by atoms with Crippen molar-refractivity contribution in [3.63, 3.8) is 0 Å². The van der Waals surface area contributed by atoms with Crippen molar-refractivity contribution in [2.75, 3.05) is 0 Å². The molecule has 0 fully saturated rings. The molecule has 0 aliphatic heterocycles. The van der Waals surface area contributed by atoms with E-state index in [-0.39, 0.29) is 31.0 Å². The van der Waals surface area contributed by atoms with E-state index >= 15 is 0 Å². The third-order valence-electron chi connectivity index (χ3n) is 1.90. The number of nitrogens with one attached hydrogen (secondary N) is 1. The number of unbranched alkanes of at least 4 members (excludes halogenated alkanes) is 3. The van der Waals surface area contributed by atoms with Gasteiger partial charge < -0.3 is 1.43 Å². The molecule has 9 heteroatoms.